The number of para-hydroxylation sites is 1. The van der Waals surface area contributed by atoms with Gasteiger partial charge in [0.15, 0.2) is 0 Å². The summed E-state index contributed by atoms with van der Waals surface area (Å²) >= 11 is 0. The first-order valence-electron chi connectivity index (χ1n) is 9.43. The smallest absolute Gasteiger partial charge is 0.336 e. The molecule has 0 unspecified atom stereocenters. The molecule has 29 heavy (non-hydrogen) atoms. The molecule has 7 heteroatoms. The molecule has 2 heterocycles. The zero-order valence-electron chi connectivity index (χ0n) is 15.7. The van der Waals surface area contributed by atoms with E-state index in [2.05, 4.69) is 16.0 Å². The lowest BCUT2D eigenvalue weighted by molar-refractivity contribution is -0.137. The summed E-state index contributed by atoms with van der Waals surface area (Å²) in [6, 6.07) is 14.6. The standard InChI is InChI=1S/C22H20F3N3O/c23-22(24,25)19-8-2-5-17(14-19)21(29)28-12-10-27(11-13-28)15-18-6-1-4-16-7-3-9-26-20(16)18/h1-9,14H,10-13,15H2. The highest BCUT2D eigenvalue weighted by molar-refractivity contribution is 5.94. The van der Waals surface area contributed by atoms with Crippen molar-refractivity contribution in [1.29, 1.82) is 0 Å². The van der Waals surface area contributed by atoms with Gasteiger partial charge in [0.25, 0.3) is 5.91 Å². The molecular weight excluding hydrogens is 379 g/mol. The van der Waals surface area contributed by atoms with E-state index in [9.17, 15) is 18.0 Å². The quantitative estimate of drug-likeness (QED) is 0.662. The van der Waals surface area contributed by atoms with Gasteiger partial charge in [-0.3, -0.25) is 14.7 Å². The van der Waals surface area contributed by atoms with Gasteiger partial charge in [-0.25, -0.2) is 0 Å². The van der Waals surface area contributed by atoms with Crippen LogP contribution in [0.1, 0.15) is 21.5 Å². The monoisotopic (exact) mass is 399 g/mol. The molecule has 4 rings (SSSR count). The van der Waals surface area contributed by atoms with E-state index in [-0.39, 0.29) is 11.5 Å². The minimum Gasteiger partial charge on any atom is -0.336 e. The van der Waals surface area contributed by atoms with Gasteiger partial charge in [0.1, 0.15) is 0 Å². The fourth-order valence-corrected chi connectivity index (χ4v) is 3.66. The molecule has 4 nitrogen and oxygen atoms in total. The van der Waals surface area contributed by atoms with Gasteiger partial charge in [-0.1, -0.05) is 30.3 Å². The molecule has 1 aromatic heterocycles. The third kappa shape index (κ3) is 4.24. The Kier molecular flexibility index (Phi) is 5.24. The minimum absolute atomic E-state index is 0.0755. The van der Waals surface area contributed by atoms with Crippen molar-refractivity contribution in [3.8, 4) is 0 Å². The van der Waals surface area contributed by atoms with E-state index in [1.54, 1.807) is 11.1 Å². The summed E-state index contributed by atoms with van der Waals surface area (Å²) in [6.07, 6.45) is -2.68. The maximum atomic E-state index is 12.9. The normalized spacial score (nSPS) is 15.6. The topological polar surface area (TPSA) is 36.4 Å². The van der Waals surface area contributed by atoms with Crippen LogP contribution in [0.25, 0.3) is 10.9 Å². The van der Waals surface area contributed by atoms with Crippen LogP contribution in [0.4, 0.5) is 13.2 Å². The minimum atomic E-state index is -4.46. The van der Waals surface area contributed by atoms with Crippen LogP contribution in [-0.4, -0.2) is 46.9 Å². The van der Waals surface area contributed by atoms with E-state index >= 15 is 0 Å². The Morgan fingerprint density at radius 3 is 2.45 bits per heavy atom. The highest BCUT2D eigenvalue weighted by atomic mass is 19.4. The summed E-state index contributed by atoms with van der Waals surface area (Å²) in [5.74, 6) is -0.359. The fourth-order valence-electron chi connectivity index (χ4n) is 3.66. The number of rotatable bonds is 3. The Balaban J connectivity index is 1.41. The molecule has 2 aromatic carbocycles. The summed E-state index contributed by atoms with van der Waals surface area (Å²) in [4.78, 5) is 21.0. The van der Waals surface area contributed by atoms with Gasteiger partial charge < -0.3 is 4.90 Å². The molecule has 1 saturated heterocycles. The van der Waals surface area contributed by atoms with Gasteiger partial charge in [-0.2, -0.15) is 13.2 Å². The average Bonchev–Trinajstić information content (AvgIpc) is 2.73. The predicted molar refractivity (Wildman–Crippen MR) is 104 cm³/mol. The molecule has 1 aliphatic rings. The number of carbonyl (C=O) groups is 1. The first kappa shape index (κ1) is 19.4. The lowest BCUT2D eigenvalue weighted by atomic mass is 10.1. The number of pyridine rings is 1. The van der Waals surface area contributed by atoms with E-state index in [1.807, 2.05) is 24.3 Å². The lowest BCUT2D eigenvalue weighted by Gasteiger charge is -2.35. The summed E-state index contributed by atoms with van der Waals surface area (Å²) in [7, 11) is 0. The molecule has 3 aromatic rings. The molecular formula is C22H20F3N3O. The Bertz CT molecular complexity index is 1020. The zero-order chi connectivity index (χ0) is 20.4. The Hall–Kier alpha value is -2.93. The van der Waals surface area contributed by atoms with Gasteiger partial charge in [-0.15, -0.1) is 0 Å². The number of hydrogen-bond donors (Lipinski definition) is 0. The van der Waals surface area contributed by atoms with Crippen molar-refractivity contribution < 1.29 is 18.0 Å². The number of carbonyl (C=O) groups excluding carboxylic acids is 1. The van der Waals surface area contributed by atoms with Crippen LogP contribution in [0.15, 0.2) is 60.8 Å². The first-order chi connectivity index (χ1) is 13.9. The Morgan fingerprint density at radius 1 is 0.966 bits per heavy atom. The van der Waals surface area contributed by atoms with Crippen molar-refractivity contribution in [3.63, 3.8) is 0 Å². The van der Waals surface area contributed by atoms with E-state index in [4.69, 9.17) is 0 Å². The molecule has 0 atom stereocenters. The Labute approximate surface area is 166 Å². The highest BCUT2D eigenvalue weighted by Crippen LogP contribution is 2.30. The second-order valence-electron chi connectivity index (χ2n) is 7.14. The van der Waals surface area contributed by atoms with Crippen LogP contribution in [0.5, 0.6) is 0 Å². The molecule has 1 fully saturated rings. The Morgan fingerprint density at radius 2 is 1.69 bits per heavy atom. The second-order valence-corrected chi connectivity index (χ2v) is 7.14. The fraction of sp³-hybridized carbons (Fsp3) is 0.273. The van der Waals surface area contributed by atoms with E-state index in [1.165, 1.54) is 12.1 Å². The second kappa shape index (κ2) is 7.83. The summed E-state index contributed by atoms with van der Waals surface area (Å²) in [5.41, 5.74) is 1.37. The van der Waals surface area contributed by atoms with Crippen molar-refractivity contribution in [2.24, 2.45) is 0 Å². The van der Waals surface area contributed by atoms with E-state index in [0.29, 0.717) is 26.2 Å². The molecule has 0 radical (unpaired) electrons. The SMILES string of the molecule is O=C(c1cccc(C(F)(F)F)c1)N1CCN(Cc2cccc3cccnc23)CC1. The maximum absolute atomic E-state index is 12.9. The molecule has 0 N–H and O–H groups in total. The van der Waals surface area contributed by atoms with Crippen molar-refractivity contribution in [1.82, 2.24) is 14.8 Å². The van der Waals surface area contributed by atoms with Crippen LogP contribution < -0.4 is 0 Å². The van der Waals surface area contributed by atoms with Gasteiger partial charge in [-0.05, 0) is 29.8 Å². The van der Waals surface area contributed by atoms with E-state index < -0.39 is 11.7 Å². The summed E-state index contributed by atoms with van der Waals surface area (Å²) in [6.45, 7) is 3.00. The third-order valence-corrected chi connectivity index (χ3v) is 5.21. The van der Waals surface area contributed by atoms with Crippen molar-refractivity contribution in [2.45, 2.75) is 12.7 Å². The number of piperazine rings is 1. The van der Waals surface area contributed by atoms with Crippen LogP contribution in [0.2, 0.25) is 0 Å². The molecule has 0 bridgehead atoms. The number of benzene rings is 2. The molecule has 0 spiro atoms. The summed E-state index contributed by atoms with van der Waals surface area (Å²) in [5, 5.41) is 1.09. The number of fused-ring (bicyclic) bond motifs is 1. The molecule has 1 amide bonds. The predicted octanol–water partition coefficient (Wildman–Crippen LogP) is 4.21. The number of hydrogen-bond acceptors (Lipinski definition) is 3. The highest BCUT2D eigenvalue weighted by Gasteiger charge is 2.31. The first-order valence-corrected chi connectivity index (χ1v) is 9.43. The zero-order valence-corrected chi connectivity index (χ0v) is 15.7. The molecule has 0 aliphatic carbocycles. The molecule has 1 aliphatic heterocycles. The van der Waals surface area contributed by atoms with Crippen LogP contribution >= 0.6 is 0 Å². The van der Waals surface area contributed by atoms with Gasteiger partial charge in [0.05, 0.1) is 11.1 Å². The third-order valence-electron chi connectivity index (χ3n) is 5.21. The summed E-state index contributed by atoms with van der Waals surface area (Å²) < 4.78 is 38.7. The van der Waals surface area contributed by atoms with Gasteiger partial charge in [0, 0.05) is 49.9 Å². The van der Waals surface area contributed by atoms with Crippen LogP contribution in [0.3, 0.4) is 0 Å². The number of halogens is 3. The molecule has 150 valence electrons. The van der Waals surface area contributed by atoms with Crippen molar-refractivity contribution >= 4 is 16.8 Å². The van der Waals surface area contributed by atoms with Gasteiger partial charge >= 0.3 is 6.18 Å². The van der Waals surface area contributed by atoms with Crippen molar-refractivity contribution in [2.75, 3.05) is 26.2 Å². The average molecular weight is 399 g/mol. The van der Waals surface area contributed by atoms with Crippen molar-refractivity contribution in [3.05, 3.63) is 77.5 Å². The lowest BCUT2D eigenvalue weighted by Crippen LogP contribution is -2.48. The van der Waals surface area contributed by atoms with E-state index in [0.717, 1.165) is 35.1 Å². The largest absolute Gasteiger partial charge is 0.416 e. The number of aromatic nitrogens is 1. The van der Waals surface area contributed by atoms with Crippen LogP contribution in [-0.2, 0) is 12.7 Å². The molecule has 0 saturated carbocycles. The number of nitrogens with zero attached hydrogens (tertiary/aromatic N) is 3. The maximum Gasteiger partial charge on any atom is 0.416 e. The number of alkyl halides is 3. The van der Waals surface area contributed by atoms with Gasteiger partial charge in [0.2, 0.25) is 0 Å². The number of amides is 1. The van der Waals surface area contributed by atoms with Crippen LogP contribution in [0, 0.1) is 0 Å².